The van der Waals surface area contributed by atoms with Crippen LogP contribution in [-0.2, 0) is 21.4 Å². The summed E-state index contributed by atoms with van der Waals surface area (Å²) in [6.07, 6.45) is 2.86. The van der Waals surface area contributed by atoms with Crippen molar-refractivity contribution in [1.29, 1.82) is 0 Å². The zero-order chi connectivity index (χ0) is 19.9. The van der Waals surface area contributed by atoms with Crippen LogP contribution in [0.15, 0.2) is 59.5 Å². The van der Waals surface area contributed by atoms with Crippen molar-refractivity contribution in [3.05, 3.63) is 65.7 Å². The molecule has 0 bridgehead atoms. The van der Waals surface area contributed by atoms with Gasteiger partial charge in [-0.15, -0.1) is 0 Å². The smallest absolute Gasteiger partial charge is 0.387 e. The third-order valence-corrected chi connectivity index (χ3v) is 4.93. The molecule has 9 heteroatoms. The van der Waals surface area contributed by atoms with E-state index in [1.165, 1.54) is 37.4 Å². The molecule has 0 aliphatic heterocycles. The van der Waals surface area contributed by atoms with Gasteiger partial charge >= 0.3 is 6.61 Å². The molecule has 0 aromatic heterocycles. The Morgan fingerprint density at radius 3 is 2.30 bits per heavy atom. The van der Waals surface area contributed by atoms with E-state index in [9.17, 15) is 22.0 Å². The molecule has 0 atom stereocenters. The van der Waals surface area contributed by atoms with E-state index in [0.717, 1.165) is 5.56 Å². The highest BCUT2D eigenvalue weighted by Gasteiger charge is 2.09. The molecule has 0 aliphatic rings. The van der Waals surface area contributed by atoms with Crippen LogP contribution < -0.4 is 14.8 Å². The first-order valence-electron chi connectivity index (χ1n) is 7.83. The number of sulfonamides is 1. The van der Waals surface area contributed by atoms with E-state index in [1.54, 1.807) is 30.3 Å². The lowest BCUT2D eigenvalue weighted by atomic mass is 10.2. The van der Waals surface area contributed by atoms with Crippen molar-refractivity contribution < 1.29 is 26.7 Å². The lowest BCUT2D eigenvalue weighted by Crippen LogP contribution is -2.20. The molecule has 27 heavy (non-hydrogen) atoms. The van der Waals surface area contributed by atoms with Gasteiger partial charge in [0, 0.05) is 12.6 Å². The molecular formula is C18H18F2N2O4S. The predicted octanol–water partition coefficient (Wildman–Crippen LogP) is 2.53. The highest BCUT2D eigenvalue weighted by Crippen LogP contribution is 2.15. The van der Waals surface area contributed by atoms with Gasteiger partial charge in [0.05, 0.1) is 4.90 Å². The number of hydrogen-bond donors (Lipinski definition) is 2. The molecule has 0 unspecified atom stereocenters. The summed E-state index contributed by atoms with van der Waals surface area (Å²) in [7, 11) is -2.17. The third kappa shape index (κ3) is 6.46. The van der Waals surface area contributed by atoms with Gasteiger partial charge in [-0.1, -0.05) is 24.3 Å². The fourth-order valence-electron chi connectivity index (χ4n) is 2.08. The average molecular weight is 396 g/mol. The minimum absolute atomic E-state index is 0.0451. The summed E-state index contributed by atoms with van der Waals surface area (Å²) in [6.45, 7) is -2.66. The van der Waals surface area contributed by atoms with Gasteiger partial charge in [0.15, 0.2) is 0 Å². The lowest BCUT2D eigenvalue weighted by Gasteiger charge is -2.06. The number of hydrogen-bond acceptors (Lipinski definition) is 4. The molecule has 2 aromatic carbocycles. The second-order valence-corrected chi connectivity index (χ2v) is 7.24. The average Bonchev–Trinajstić information content (AvgIpc) is 2.65. The molecule has 0 fully saturated rings. The van der Waals surface area contributed by atoms with Crippen molar-refractivity contribution in [2.75, 3.05) is 7.05 Å². The highest BCUT2D eigenvalue weighted by molar-refractivity contribution is 7.89. The van der Waals surface area contributed by atoms with Crippen molar-refractivity contribution in [2.24, 2.45) is 0 Å². The summed E-state index contributed by atoms with van der Waals surface area (Å²) < 4.78 is 53.9. The number of halogens is 2. The van der Waals surface area contributed by atoms with Crippen LogP contribution >= 0.6 is 0 Å². The number of carbonyl (C=O) groups is 1. The molecule has 2 aromatic rings. The van der Waals surface area contributed by atoms with Crippen molar-refractivity contribution in [2.45, 2.75) is 18.1 Å². The summed E-state index contributed by atoms with van der Waals surface area (Å²) >= 11 is 0. The van der Waals surface area contributed by atoms with Crippen molar-refractivity contribution in [1.82, 2.24) is 10.0 Å². The topological polar surface area (TPSA) is 84.5 Å². The number of alkyl halides is 2. The molecular weight excluding hydrogens is 378 g/mol. The Morgan fingerprint density at radius 2 is 1.74 bits per heavy atom. The molecule has 0 saturated heterocycles. The predicted molar refractivity (Wildman–Crippen MR) is 96.6 cm³/mol. The number of ether oxygens (including phenoxy) is 1. The molecule has 144 valence electrons. The maximum absolute atomic E-state index is 12.1. The summed E-state index contributed by atoms with van der Waals surface area (Å²) in [5, 5.41) is 2.65. The van der Waals surface area contributed by atoms with Crippen LogP contribution in [0.3, 0.4) is 0 Å². The van der Waals surface area contributed by atoms with Gasteiger partial charge < -0.3 is 10.1 Å². The molecule has 0 radical (unpaired) electrons. The molecule has 1 amide bonds. The quantitative estimate of drug-likeness (QED) is 0.672. The van der Waals surface area contributed by atoms with Crippen LogP contribution in [0.5, 0.6) is 5.75 Å². The van der Waals surface area contributed by atoms with Crippen LogP contribution in [-0.4, -0.2) is 28.0 Å². The fraction of sp³-hybridized carbons (Fsp3) is 0.167. The Morgan fingerprint density at radius 1 is 1.11 bits per heavy atom. The van der Waals surface area contributed by atoms with Gasteiger partial charge in [-0.25, -0.2) is 13.1 Å². The Kier molecular flexibility index (Phi) is 7.03. The Balaban J connectivity index is 1.88. The second kappa shape index (κ2) is 9.24. The van der Waals surface area contributed by atoms with E-state index in [2.05, 4.69) is 14.8 Å². The summed E-state index contributed by atoms with van der Waals surface area (Å²) in [5.41, 5.74) is 1.38. The SMILES string of the molecule is CNS(=O)(=O)c1ccc(/C=C/C(=O)NCc2ccc(OC(F)F)cc2)cc1. The lowest BCUT2D eigenvalue weighted by molar-refractivity contribution is -0.116. The van der Waals surface area contributed by atoms with Gasteiger partial charge in [-0.3, -0.25) is 4.79 Å². The molecule has 0 heterocycles. The molecule has 0 saturated carbocycles. The van der Waals surface area contributed by atoms with Crippen LogP contribution in [0.1, 0.15) is 11.1 Å². The van der Waals surface area contributed by atoms with Gasteiger partial charge in [0.25, 0.3) is 0 Å². The summed E-state index contributed by atoms with van der Waals surface area (Å²) in [6, 6.07) is 12.0. The Bertz CT molecular complexity index is 896. The van der Waals surface area contributed by atoms with E-state index in [1.807, 2.05) is 0 Å². The molecule has 0 spiro atoms. The van der Waals surface area contributed by atoms with Crippen LogP contribution in [0.4, 0.5) is 8.78 Å². The Hall–Kier alpha value is -2.78. The normalized spacial score (nSPS) is 11.7. The van der Waals surface area contributed by atoms with E-state index in [4.69, 9.17) is 0 Å². The first kappa shape index (κ1) is 20.5. The van der Waals surface area contributed by atoms with Gasteiger partial charge in [-0.2, -0.15) is 8.78 Å². The molecule has 6 nitrogen and oxygen atoms in total. The number of carbonyl (C=O) groups excluding carboxylic acids is 1. The zero-order valence-electron chi connectivity index (χ0n) is 14.4. The standard InChI is InChI=1S/C18H18F2N2O4S/c1-21-27(24,25)16-9-4-13(5-10-16)6-11-17(23)22-12-14-2-7-15(8-3-14)26-18(19)20/h2-11,18,21H,12H2,1H3,(H,22,23)/b11-6+. The van der Waals surface area contributed by atoms with Gasteiger partial charge in [-0.05, 0) is 48.5 Å². The molecule has 2 rings (SSSR count). The van der Waals surface area contributed by atoms with E-state index in [-0.39, 0.29) is 23.1 Å². The monoisotopic (exact) mass is 396 g/mol. The maximum Gasteiger partial charge on any atom is 0.387 e. The fourth-order valence-corrected chi connectivity index (χ4v) is 2.81. The molecule has 0 aliphatic carbocycles. The minimum Gasteiger partial charge on any atom is -0.435 e. The maximum atomic E-state index is 12.1. The van der Waals surface area contributed by atoms with Gasteiger partial charge in [0.2, 0.25) is 15.9 Å². The number of amides is 1. The van der Waals surface area contributed by atoms with Crippen LogP contribution in [0, 0.1) is 0 Å². The second-order valence-electron chi connectivity index (χ2n) is 5.35. The van der Waals surface area contributed by atoms with Crippen LogP contribution in [0.25, 0.3) is 6.08 Å². The van der Waals surface area contributed by atoms with E-state index < -0.39 is 16.6 Å². The first-order chi connectivity index (χ1) is 12.8. The van der Waals surface area contributed by atoms with E-state index >= 15 is 0 Å². The minimum atomic E-state index is -3.50. The highest BCUT2D eigenvalue weighted by atomic mass is 32.2. The van der Waals surface area contributed by atoms with Crippen molar-refractivity contribution >= 4 is 22.0 Å². The van der Waals surface area contributed by atoms with Crippen molar-refractivity contribution in [3.63, 3.8) is 0 Å². The van der Waals surface area contributed by atoms with E-state index in [0.29, 0.717) is 5.56 Å². The van der Waals surface area contributed by atoms with Gasteiger partial charge in [0.1, 0.15) is 5.75 Å². The molecule has 2 N–H and O–H groups in total. The largest absolute Gasteiger partial charge is 0.435 e. The summed E-state index contributed by atoms with van der Waals surface area (Å²) in [5.74, 6) is -0.307. The van der Waals surface area contributed by atoms with Crippen molar-refractivity contribution in [3.8, 4) is 5.75 Å². The number of benzene rings is 2. The van der Waals surface area contributed by atoms with Crippen LogP contribution in [0.2, 0.25) is 0 Å². The number of rotatable bonds is 8. The Labute approximate surface area is 155 Å². The summed E-state index contributed by atoms with van der Waals surface area (Å²) in [4.78, 5) is 12.0. The third-order valence-electron chi connectivity index (χ3n) is 3.50. The zero-order valence-corrected chi connectivity index (χ0v) is 15.2. The number of nitrogens with one attached hydrogen (secondary N) is 2. The first-order valence-corrected chi connectivity index (χ1v) is 9.32.